The SMILES string of the molecule is CN(C(=O)O[C@@H]1C[C@H](F)CN1)[C@@H](Cc1ccccc1)B1O[C@@H]2C[C@@H]3C[C@@H](C3(C)C)[C@]2(C)O1.Cl. The van der Waals surface area contributed by atoms with Gasteiger partial charge in [-0.3, -0.25) is 5.32 Å². The summed E-state index contributed by atoms with van der Waals surface area (Å²) in [5, 5.41) is 2.91. The van der Waals surface area contributed by atoms with Crippen molar-refractivity contribution in [1.82, 2.24) is 10.2 Å². The van der Waals surface area contributed by atoms with E-state index >= 15 is 0 Å². The summed E-state index contributed by atoms with van der Waals surface area (Å²) in [5.41, 5.74) is 0.994. The van der Waals surface area contributed by atoms with Crippen LogP contribution in [0, 0.1) is 17.3 Å². The smallest absolute Gasteiger partial charge is 0.430 e. The van der Waals surface area contributed by atoms with Gasteiger partial charge in [-0.2, -0.15) is 0 Å². The summed E-state index contributed by atoms with van der Waals surface area (Å²) in [6.45, 7) is 7.06. The van der Waals surface area contributed by atoms with Crippen LogP contribution in [0.4, 0.5) is 9.18 Å². The Kier molecular flexibility index (Phi) is 6.77. The average Bonchev–Trinajstić information content (AvgIpc) is 3.33. The Morgan fingerprint density at radius 1 is 1.27 bits per heavy atom. The molecule has 6 nitrogen and oxygen atoms in total. The van der Waals surface area contributed by atoms with Crippen molar-refractivity contribution in [3.8, 4) is 0 Å². The highest BCUT2D eigenvalue weighted by Crippen LogP contribution is 2.65. The number of benzene rings is 1. The molecule has 0 aromatic heterocycles. The van der Waals surface area contributed by atoms with Crippen molar-refractivity contribution in [2.75, 3.05) is 13.6 Å². The lowest BCUT2D eigenvalue weighted by atomic mass is 9.43. The molecule has 0 radical (unpaired) electrons. The summed E-state index contributed by atoms with van der Waals surface area (Å²) < 4.78 is 32.3. The Hall–Kier alpha value is -1.35. The summed E-state index contributed by atoms with van der Waals surface area (Å²) in [4.78, 5) is 14.6. The number of amides is 1. The number of nitrogens with one attached hydrogen (secondary N) is 1. The van der Waals surface area contributed by atoms with Gasteiger partial charge in [0.2, 0.25) is 0 Å². The molecule has 0 unspecified atom stereocenters. The molecule has 2 heterocycles. The fourth-order valence-corrected chi connectivity index (χ4v) is 6.42. The number of hydrogen-bond acceptors (Lipinski definition) is 5. The maximum Gasteiger partial charge on any atom is 0.482 e. The molecule has 5 aliphatic rings. The number of halogens is 2. The molecule has 1 aromatic carbocycles. The lowest BCUT2D eigenvalue weighted by Crippen LogP contribution is -2.65. The van der Waals surface area contributed by atoms with Gasteiger partial charge in [-0.1, -0.05) is 44.2 Å². The molecule has 182 valence electrons. The van der Waals surface area contributed by atoms with Crippen molar-refractivity contribution in [2.24, 2.45) is 17.3 Å². The highest BCUT2D eigenvalue weighted by Gasteiger charge is 2.68. The lowest BCUT2D eigenvalue weighted by molar-refractivity contribution is -0.199. The Labute approximate surface area is 202 Å². The summed E-state index contributed by atoms with van der Waals surface area (Å²) in [6, 6.07) is 10.0. The normalized spacial score (nSPS) is 36.9. The molecule has 2 bridgehead atoms. The van der Waals surface area contributed by atoms with Crippen LogP contribution in [0.1, 0.15) is 45.6 Å². The fourth-order valence-electron chi connectivity index (χ4n) is 6.42. The molecule has 9 heteroatoms. The first-order valence-corrected chi connectivity index (χ1v) is 11.9. The third-order valence-electron chi connectivity index (χ3n) is 8.64. The van der Waals surface area contributed by atoms with E-state index in [4.69, 9.17) is 14.0 Å². The molecule has 6 rings (SSSR count). The van der Waals surface area contributed by atoms with E-state index in [1.165, 1.54) is 6.42 Å². The molecule has 1 N–H and O–H groups in total. The summed E-state index contributed by atoms with van der Waals surface area (Å²) in [6.07, 6.45) is 0.888. The highest BCUT2D eigenvalue weighted by atomic mass is 35.5. The van der Waals surface area contributed by atoms with Crippen molar-refractivity contribution in [3.05, 3.63) is 35.9 Å². The highest BCUT2D eigenvalue weighted by molar-refractivity contribution is 6.47. The number of likely N-dealkylation sites (N-methyl/N-ethyl adjacent to an activating group) is 1. The molecule has 33 heavy (non-hydrogen) atoms. The molecule has 3 saturated carbocycles. The van der Waals surface area contributed by atoms with Gasteiger partial charge in [0, 0.05) is 20.0 Å². The zero-order valence-corrected chi connectivity index (χ0v) is 20.6. The lowest BCUT2D eigenvalue weighted by Gasteiger charge is -2.64. The number of alkyl halides is 1. The second kappa shape index (κ2) is 9.02. The molecule has 2 saturated heterocycles. The van der Waals surface area contributed by atoms with Crippen LogP contribution < -0.4 is 5.32 Å². The molecule has 0 spiro atoms. The van der Waals surface area contributed by atoms with Crippen molar-refractivity contribution in [3.63, 3.8) is 0 Å². The average molecular weight is 481 g/mol. The second-order valence-corrected chi connectivity index (χ2v) is 10.8. The van der Waals surface area contributed by atoms with E-state index in [9.17, 15) is 9.18 Å². The topological polar surface area (TPSA) is 60.0 Å². The van der Waals surface area contributed by atoms with Crippen LogP contribution in [-0.4, -0.2) is 61.7 Å². The van der Waals surface area contributed by atoms with Crippen LogP contribution >= 0.6 is 12.4 Å². The van der Waals surface area contributed by atoms with Crippen LogP contribution in [-0.2, 0) is 20.5 Å². The second-order valence-electron chi connectivity index (χ2n) is 10.8. The van der Waals surface area contributed by atoms with E-state index in [1.54, 1.807) is 11.9 Å². The van der Waals surface area contributed by atoms with E-state index in [0.717, 1.165) is 12.0 Å². The number of ether oxygens (including phenoxy) is 1. The van der Waals surface area contributed by atoms with Gasteiger partial charge in [-0.25, -0.2) is 9.18 Å². The Morgan fingerprint density at radius 2 is 2.00 bits per heavy atom. The monoisotopic (exact) mass is 480 g/mol. The summed E-state index contributed by atoms with van der Waals surface area (Å²) in [7, 11) is 1.18. The predicted molar refractivity (Wildman–Crippen MR) is 127 cm³/mol. The molecule has 2 aliphatic heterocycles. The van der Waals surface area contributed by atoms with Gasteiger partial charge in [-0.05, 0) is 49.0 Å². The van der Waals surface area contributed by atoms with Gasteiger partial charge < -0.3 is 18.9 Å². The maximum atomic E-state index is 13.5. The number of nitrogens with zero attached hydrogens (tertiary/aromatic N) is 1. The minimum Gasteiger partial charge on any atom is -0.430 e. The molecule has 1 aromatic rings. The van der Waals surface area contributed by atoms with E-state index in [-0.39, 0.29) is 48.4 Å². The van der Waals surface area contributed by atoms with Gasteiger partial charge in [0.05, 0.1) is 17.6 Å². The minimum absolute atomic E-state index is 0. The van der Waals surface area contributed by atoms with Crippen LogP contribution in [0.3, 0.4) is 0 Å². The largest absolute Gasteiger partial charge is 0.482 e. The van der Waals surface area contributed by atoms with E-state index in [2.05, 4.69) is 26.1 Å². The van der Waals surface area contributed by atoms with Gasteiger partial charge in [-0.15, -0.1) is 12.4 Å². The number of carbonyl (C=O) groups is 1. The molecule has 7 atom stereocenters. The van der Waals surface area contributed by atoms with Gasteiger partial charge in [0.1, 0.15) is 6.17 Å². The quantitative estimate of drug-likeness (QED) is 0.645. The number of hydrogen-bond donors (Lipinski definition) is 1. The van der Waals surface area contributed by atoms with E-state index in [0.29, 0.717) is 18.3 Å². The van der Waals surface area contributed by atoms with Crippen LogP contribution in [0.25, 0.3) is 0 Å². The minimum atomic E-state index is -0.988. The van der Waals surface area contributed by atoms with Crippen molar-refractivity contribution < 1.29 is 23.2 Å². The van der Waals surface area contributed by atoms with Gasteiger partial charge >= 0.3 is 13.2 Å². The first-order valence-electron chi connectivity index (χ1n) is 11.9. The summed E-state index contributed by atoms with van der Waals surface area (Å²) in [5.74, 6) is 0.753. The van der Waals surface area contributed by atoms with Crippen molar-refractivity contribution >= 4 is 25.6 Å². The van der Waals surface area contributed by atoms with Crippen molar-refractivity contribution in [2.45, 2.75) is 76.5 Å². The Bertz CT molecular complexity index is 864. The predicted octanol–water partition coefficient (Wildman–Crippen LogP) is 4.01. The van der Waals surface area contributed by atoms with Crippen LogP contribution in [0.5, 0.6) is 0 Å². The number of carbonyl (C=O) groups excluding carboxylic acids is 1. The Balaban J connectivity index is 0.00000259. The van der Waals surface area contributed by atoms with Gasteiger partial charge in [0.15, 0.2) is 6.23 Å². The van der Waals surface area contributed by atoms with Gasteiger partial charge in [0.25, 0.3) is 0 Å². The molecule has 5 fully saturated rings. The fraction of sp³-hybridized carbons (Fsp3) is 0.708. The van der Waals surface area contributed by atoms with E-state index in [1.807, 2.05) is 30.3 Å². The Morgan fingerprint density at radius 3 is 2.64 bits per heavy atom. The third kappa shape index (κ3) is 4.28. The zero-order valence-electron chi connectivity index (χ0n) is 19.8. The molecular weight excluding hydrogens is 446 g/mol. The third-order valence-corrected chi connectivity index (χ3v) is 8.64. The molecule has 3 aliphatic carbocycles. The first-order chi connectivity index (χ1) is 15.2. The van der Waals surface area contributed by atoms with E-state index < -0.39 is 25.6 Å². The summed E-state index contributed by atoms with van der Waals surface area (Å²) >= 11 is 0. The van der Waals surface area contributed by atoms with Crippen molar-refractivity contribution in [1.29, 1.82) is 0 Å². The van der Waals surface area contributed by atoms with Crippen LogP contribution in [0.2, 0.25) is 0 Å². The first kappa shape index (κ1) is 24.8. The maximum absolute atomic E-state index is 13.5. The molecule has 1 amide bonds. The molecular formula is C24H35BClFN2O4. The number of rotatable bonds is 5. The van der Waals surface area contributed by atoms with Crippen LogP contribution in [0.15, 0.2) is 30.3 Å². The zero-order chi connectivity index (χ0) is 22.7. The standard InChI is InChI=1S/C24H34BFN2O4.ClH/c1-23(2)16-11-18(23)24(3)19(12-16)31-25(32-24)20(10-15-8-6-5-7-9-15)28(4)22(29)30-21-13-17(26)14-27-21;/h5-9,16-21,27H,10-14H2,1-4H3;1H/t16-,17-,18-,19+,20-,21+,24-;/m0./s1.